The smallest absolute Gasteiger partial charge is 0.293 e. The third kappa shape index (κ3) is 7.52. The number of likely N-dealkylation sites (N-methyl/N-ethyl adjacent to an activating group) is 1. The van der Waals surface area contributed by atoms with Crippen molar-refractivity contribution in [3.63, 3.8) is 0 Å². The number of carbonyl (C=O) groups is 5. The summed E-state index contributed by atoms with van der Waals surface area (Å²) in [5.74, 6) is -1.57. The summed E-state index contributed by atoms with van der Waals surface area (Å²) in [5.41, 5.74) is 1.24. The van der Waals surface area contributed by atoms with Gasteiger partial charge in [0.05, 0.1) is 36.0 Å². The molecule has 2 saturated heterocycles. The van der Waals surface area contributed by atoms with Crippen molar-refractivity contribution in [3.8, 4) is 11.5 Å². The Morgan fingerprint density at radius 3 is 2.62 bits per heavy atom. The number of rotatable bonds is 11. The predicted molar refractivity (Wildman–Crippen MR) is 199 cm³/mol. The largest absolute Gasteiger partial charge is 0.491 e. The molecule has 0 radical (unpaired) electrons. The normalized spacial score (nSPS) is 18.4. The van der Waals surface area contributed by atoms with Gasteiger partial charge in [-0.1, -0.05) is 11.6 Å². The van der Waals surface area contributed by atoms with Crippen molar-refractivity contribution in [2.24, 2.45) is 0 Å². The number of hydrogen-bond acceptors (Lipinski definition) is 13. The van der Waals surface area contributed by atoms with Gasteiger partial charge in [-0.15, -0.1) is 0 Å². The van der Waals surface area contributed by atoms with Crippen molar-refractivity contribution >= 4 is 69.5 Å². The molecule has 5 heterocycles. The lowest BCUT2D eigenvalue weighted by Gasteiger charge is -2.33. The van der Waals surface area contributed by atoms with Crippen LogP contribution in [0, 0.1) is 0 Å². The number of imide groups is 2. The summed E-state index contributed by atoms with van der Waals surface area (Å²) in [5, 5.41) is 8.88. The van der Waals surface area contributed by atoms with Gasteiger partial charge in [-0.3, -0.25) is 39.0 Å². The molecule has 2 aromatic carbocycles. The highest BCUT2D eigenvalue weighted by atomic mass is 35.5. The van der Waals surface area contributed by atoms with Crippen LogP contribution in [0.25, 0.3) is 10.9 Å². The van der Waals surface area contributed by atoms with E-state index in [9.17, 15) is 28.8 Å². The molecule has 0 saturated carbocycles. The summed E-state index contributed by atoms with van der Waals surface area (Å²) in [6.45, 7) is 4.80. The van der Waals surface area contributed by atoms with Crippen molar-refractivity contribution in [1.29, 1.82) is 0 Å². The molecule has 17 nitrogen and oxygen atoms in total. The zero-order chi connectivity index (χ0) is 39.0. The number of carbonyl (C=O) groups excluding carboxylic acids is 5. The Hall–Kier alpha value is -6.07. The lowest BCUT2D eigenvalue weighted by atomic mass is 10.0. The molecule has 2 fully saturated rings. The van der Waals surface area contributed by atoms with E-state index >= 15 is 0 Å². The third-order valence-electron chi connectivity index (χ3n) is 9.42. The Morgan fingerprint density at radius 2 is 1.85 bits per heavy atom. The van der Waals surface area contributed by atoms with Gasteiger partial charge in [0.25, 0.3) is 23.3 Å². The molecule has 4 aromatic rings. The molecule has 0 aliphatic carbocycles. The van der Waals surface area contributed by atoms with E-state index in [-0.39, 0.29) is 65.5 Å². The maximum Gasteiger partial charge on any atom is 0.293 e. The number of nitrogens with one attached hydrogen (secondary N) is 3. The van der Waals surface area contributed by atoms with Gasteiger partial charge in [-0.2, -0.15) is 4.98 Å². The fraction of sp³-hybridized carbons (Fsp3) is 0.351. The number of piperidine rings is 1. The first-order valence-electron chi connectivity index (χ1n) is 17.6. The molecule has 1 unspecified atom stereocenters. The second kappa shape index (κ2) is 15.3. The summed E-state index contributed by atoms with van der Waals surface area (Å²) in [4.78, 5) is 87.3. The Labute approximate surface area is 318 Å². The van der Waals surface area contributed by atoms with Crippen LogP contribution in [-0.4, -0.2) is 101 Å². The lowest BCUT2D eigenvalue weighted by molar-refractivity contribution is -0.136. The van der Waals surface area contributed by atoms with E-state index in [0.29, 0.717) is 53.8 Å². The number of morpholine rings is 1. The van der Waals surface area contributed by atoms with Crippen molar-refractivity contribution in [1.82, 2.24) is 30.1 Å². The van der Waals surface area contributed by atoms with Crippen molar-refractivity contribution in [2.45, 2.75) is 44.9 Å². The number of aromatic nitrogens is 3. The fourth-order valence-corrected chi connectivity index (χ4v) is 6.83. The summed E-state index contributed by atoms with van der Waals surface area (Å²) in [7, 11) is 1.49. The van der Waals surface area contributed by atoms with E-state index in [1.165, 1.54) is 25.4 Å². The van der Waals surface area contributed by atoms with E-state index in [1.807, 2.05) is 30.9 Å². The van der Waals surface area contributed by atoms with Crippen LogP contribution in [-0.2, 0) is 19.1 Å². The topological polar surface area (TPSA) is 203 Å². The first-order chi connectivity index (χ1) is 26.4. The molecule has 3 aliphatic heterocycles. The van der Waals surface area contributed by atoms with E-state index < -0.39 is 35.8 Å². The van der Waals surface area contributed by atoms with Crippen LogP contribution in [0.2, 0.25) is 5.02 Å². The second-order valence-electron chi connectivity index (χ2n) is 13.4. The van der Waals surface area contributed by atoms with Crippen LogP contribution in [0.5, 0.6) is 11.5 Å². The van der Waals surface area contributed by atoms with Crippen LogP contribution in [0.1, 0.15) is 53.4 Å². The molecule has 3 N–H and O–H groups in total. The SMILES string of the molecule is CNC(=O)COc1cc2cc(Nc3nc(N4CCO[C@H](COc5ccc6c(c5)C(=O)N(C5CCC(=O)NC5=O)C6=O)C4)ncc3Cl)ccc2n(C(C)C)c1=O. The quantitative estimate of drug-likeness (QED) is 0.188. The number of pyridine rings is 1. The molecule has 3 aliphatic rings. The number of benzene rings is 2. The molecule has 286 valence electrons. The molecule has 7 rings (SSSR count). The van der Waals surface area contributed by atoms with E-state index in [2.05, 4.69) is 20.9 Å². The molecule has 0 bridgehead atoms. The monoisotopic (exact) mass is 772 g/mol. The number of fused-ring (bicyclic) bond motifs is 2. The highest BCUT2D eigenvalue weighted by Gasteiger charge is 2.44. The third-order valence-corrected chi connectivity index (χ3v) is 9.70. The van der Waals surface area contributed by atoms with Gasteiger partial charge in [-0.25, -0.2) is 4.98 Å². The van der Waals surface area contributed by atoms with Gasteiger partial charge in [-0.05, 0) is 62.7 Å². The van der Waals surface area contributed by atoms with Gasteiger partial charge >= 0.3 is 0 Å². The van der Waals surface area contributed by atoms with Gasteiger partial charge in [0.1, 0.15) is 29.5 Å². The minimum atomic E-state index is -1.06. The van der Waals surface area contributed by atoms with Crippen LogP contribution in [0.3, 0.4) is 0 Å². The Kier molecular flexibility index (Phi) is 10.4. The standard InChI is InChI=1S/C37H37ClN8O9/c1-19(2)45-27-7-4-21(12-20(27)13-29(36(45)52)55-18-31(48)39-3)41-32-26(38)15-40-37(43-32)44-10-11-53-23(16-44)17-54-22-5-6-24-25(14-22)35(51)46(34(24)50)28-8-9-30(47)42-33(28)49/h4-7,12-15,19,23,28H,8-11,16-18H2,1-3H3,(H,39,48)(H,40,41,43)(H,42,47,49)/t23-,28?/m0/s1. The second-order valence-corrected chi connectivity index (χ2v) is 13.8. The average molecular weight is 773 g/mol. The number of amides is 5. The summed E-state index contributed by atoms with van der Waals surface area (Å²) in [6, 6.07) is 10.3. The number of anilines is 3. The lowest BCUT2D eigenvalue weighted by Crippen LogP contribution is -2.54. The Morgan fingerprint density at radius 1 is 1.05 bits per heavy atom. The maximum absolute atomic E-state index is 13.2. The predicted octanol–water partition coefficient (Wildman–Crippen LogP) is 2.58. The summed E-state index contributed by atoms with van der Waals surface area (Å²) in [6.07, 6.45) is 1.18. The average Bonchev–Trinajstić information content (AvgIpc) is 3.41. The highest BCUT2D eigenvalue weighted by Crippen LogP contribution is 2.32. The molecule has 5 amide bonds. The van der Waals surface area contributed by atoms with Crippen LogP contribution in [0.4, 0.5) is 17.5 Å². The summed E-state index contributed by atoms with van der Waals surface area (Å²) < 4.78 is 19.1. The Bertz CT molecular complexity index is 2300. The molecule has 0 spiro atoms. The first-order valence-corrected chi connectivity index (χ1v) is 18.0. The molecular weight excluding hydrogens is 736 g/mol. The molecule has 55 heavy (non-hydrogen) atoms. The van der Waals surface area contributed by atoms with Crippen molar-refractivity contribution in [2.75, 3.05) is 50.2 Å². The molecule has 18 heteroatoms. The highest BCUT2D eigenvalue weighted by molar-refractivity contribution is 6.33. The maximum atomic E-state index is 13.2. The van der Waals surface area contributed by atoms with Gasteiger partial charge < -0.3 is 34.3 Å². The number of halogens is 1. The van der Waals surface area contributed by atoms with E-state index in [0.717, 1.165) is 4.90 Å². The summed E-state index contributed by atoms with van der Waals surface area (Å²) >= 11 is 6.54. The van der Waals surface area contributed by atoms with Gasteiger partial charge in [0.15, 0.2) is 18.2 Å². The minimum Gasteiger partial charge on any atom is -0.491 e. The van der Waals surface area contributed by atoms with Crippen LogP contribution < -0.4 is 35.9 Å². The van der Waals surface area contributed by atoms with Crippen LogP contribution in [0.15, 0.2) is 53.5 Å². The van der Waals surface area contributed by atoms with Gasteiger partial charge in [0, 0.05) is 37.1 Å². The zero-order valence-electron chi connectivity index (χ0n) is 30.1. The zero-order valence-corrected chi connectivity index (χ0v) is 30.8. The fourth-order valence-electron chi connectivity index (χ4n) is 6.70. The van der Waals surface area contributed by atoms with Crippen LogP contribution >= 0.6 is 11.6 Å². The first kappa shape index (κ1) is 37.3. The van der Waals surface area contributed by atoms with Crippen molar-refractivity contribution < 1.29 is 38.2 Å². The number of nitrogens with zero attached hydrogens (tertiary/aromatic N) is 5. The number of ether oxygens (including phenoxy) is 3. The molecular formula is C37H37ClN8O9. The molecule has 2 atom stereocenters. The van der Waals surface area contributed by atoms with Gasteiger partial charge in [0.2, 0.25) is 17.8 Å². The minimum absolute atomic E-state index is 0.0315. The van der Waals surface area contributed by atoms with E-state index in [1.54, 1.807) is 22.8 Å². The Balaban J connectivity index is 1.03. The molecule has 2 aromatic heterocycles. The number of hydrogen-bond donors (Lipinski definition) is 3. The van der Waals surface area contributed by atoms with Crippen molar-refractivity contribution in [3.05, 3.63) is 75.2 Å². The van der Waals surface area contributed by atoms with E-state index in [4.69, 9.17) is 30.8 Å².